The average Bonchev–Trinajstić information content (AvgIpc) is 2.00. The first-order chi connectivity index (χ1) is 6.69. The third-order valence-electron chi connectivity index (χ3n) is 1.44. The fourth-order valence-electron chi connectivity index (χ4n) is 0.524. The molecule has 0 atom stereocenters. The summed E-state index contributed by atoms with van der Waals surface area (Å²) in [7, 11) is 0. The SMILES string of the molecule is BrC(Br)C(Br)(Br)C(Br)(Br)C(Br)(Br)C(Br)(Br)Br. The predicted molar refractivity (Wildman–Crippen MR) is 113 cm³/mol. The predicted octanol–water partition coefficient (Wildman–Crippen LogP) is 8.40. The van der Waals surface area contributed by atoms with Crippen LogP contribution in [0.15, 0.2) is 0 Å². The summed E-state index contributed by atoms with van der Waals surface area (Å²) < 4.78 is -2.51. The third-order valence-corrected chi connectivity index (χ3v) is 21.4. The lowest BCUT2D eigenvalue weighted by molar-refractivity contribution is 0.745. The van der Waals surface area contributed by atoms with Gasteiger partial charge >= 0.3 is 0 Å². The van der Waals surface area contributed by atoms with Gasteiger partial charge in [0, 0.05) is 0 Å². The molecule has 0 rings (SSSR count). The second kappa shape index (κ2) is 7.23. The lowest BCUT2D eigenvalue weighted by Gasteiger charge is -2.47. The van der Waals surface area contributed by atoms with Gasteiger partial charge in [0.05, 0.1) is 3.74 Å². The van der Waals surface area contributed by atoms with Crippen LogP contribution in [0.4, 0.5) is 0 Å². The molecule has 0 fully saturated rings. The van der Waals surface area contributed by atoms with Gasteiger partial charge < -0.3 is 0 Å². The van der Waals surface area contributed by atoms with Gasteiger partial charge in [-0.2, -0.15) is 0 Å². The Labute approximate surface area is 187 Å². The summed E-state index contributed by atoms with van der Waals surface area (Å²) in [5.41, 5.74) is 0. The highest BCUT2D eigenvalue weighted by atomic mass is 80.0. The van der Waals surface area contributed by atoms with Crippen molar-refractivity contribution in [2.24, 2.45) is 0 Å². The van der Waals surface area contributed by atoms with E-state index in [9.17, 15) is 0 Å². The van der Waals surface area contributed by atoms with Crippen LogP contribution in [0.2, 0.25) is 0 Å². The fourth-order valence-corrected chi connectivity index (χ4v) is 8.27. The first-order valence-corrected chi connectivity index (χ1v) is 12.1. The van der Waals surface area contributed by atoms with Crippen molar-refractivity contribution in [3.8, 4) is 0 Å². The van der Waals surface area contributed by atoms with Gasteiger partial charge in [-0.3, -0.25) is 0 Å². The topological polar surface area (TPSA) is 0 Å². The molecule has 0 unspecified atom stereocenters. The summed E-state index contributed by atoms with van der Waals surface area (Å²) >= 11 is 39.1. The van der Waals surface area contributed by atoms with E-state index in [1.54, 1.807) is 0 Å². The lowest BCUT2D eigenvalue weighted by Crippen LogP contribution is -2.55. The van der Waals surface area contributed by atoms with Gasteiger partial charge in [0.25, 0.3) is 0 Å². The van der Waals surface area contributed by atoms with Crippen molar-refractivity contribution in [2.45, 2.75) is 15.6 Å². The Balaban J connectivity index is 5.53. The second-order valence-electron chi connectivity index (χ2n) is 2.57. The number of rotatable bonds is 3. The van der Waals surface area contributed by atoms with E-state index in [1.807, 2.05) is 0 Å². The molecule has 16 heavy (non-hydrogen) atoms. The van der Waals surface area contributed by atoms with Gasteiger partial charge in [-0.25, -0.2) is 0 Å². The van der Waals surface area contributed by atoms with Crippen LogP contribution in [0.5, 0.6) is 0 Å². The molecule has 0 spiro atoms. The Kier molecular flexibility index (Phi) is 9.62. The highest BCUT2D eigenvalue weighted by Gasteiger charge is 2.66. The van der Waals surface area contributed by atoms with Crippen molar-refractivity contribution in [2.75, 3.05) is 0 Å². The molecular weight excluding hydrogens is 939 g/mol. The van der Waals surface area contributed by atoms with Crippen molar-refractivity contribution < 1.29 is 0 Å². The number of halogens is 11. The van der Waals surface area contributed by atoms with Gasteiger partial charge in [0.1, 0.15) is 9.70 Å². The zero-order valence-electron chi connectivity index (χ0n) is 6.73. The van der Waals surface area contributed by atoms with Crippen LogP contribution in [0.25, 0.3) is 0 Å². The maximum absolute atomic E-state index is 3.64. The first-order valence-electron chi connectivity index (χ1n) is 3.18. The van der Waals surface area contributed by atoms with Crippen molar-refractivity contribution in [1.82, 2.24) is 0 Å². The molecule has 0 aromatic carbocycles. The Morgan fingerprint density at radius 3 is 1.06 bits per heavy atom. The molecule has 0 aliphatic carbocycles. The Hall–Kier alpha value is 5.28. The minimum atomic E-state index is -0.646. The van der Waals surface area contributed by atoms with E-state index in [1.165, 1.54) is 0 Å². The molecule has 0 aliphatic heterocycles. The largest absolute Gasteiger partial charge is 0.162 e. The maximum atomic E-state index is 3.64. The third kappa shape index (κ3) is 4.40. The van der Waals surface area contributed by atoms with E-state index in [2.05, 4.69) is 175 Å². The Morgan fingerprint density at radius 1 is 0.562 bits per heavy atom. The van der Waals surface area contributed by atoms with Crippen LogP contribution in [0, 0.1) is 0 Å². The average molecular weight is 940 g/mol. The lowest BCUT2D eigenvalue weighted by atomic mass is 10.2. The minimum absolute atomic E-state index is 0.0597. The molecule has 0 aromatic heterocycles. The van der Waals surface area contributed by atoms with E-state index >= 15 is 0 Å². The quantitative estimate of drug-likeness (QED) is 0.250. The molecule has 0 saturated heterocycles. The number of hydrogen-bond acceptors (Lipinski definition) is 0. The molecule has 0 amide bonds. The van der Waals surface area contributed by atoms with Crippen LogP contribution < -0.4 is 0 Å². The summed E-state index contributed by atoms with van der Waals surface area (Å²) in [6, 6.07) is 0. The zero-order valence-corrected chi connectivity index (χ0v) is 24.2. The van der Waals surface area contributed by atoms with E-state index in [0.717, 1.165) is 0 Å². The summed E-state index contributed by atoms with van der Waals surface area (Å²) in [5.74, 6) is 0. The smallest absolute Gasteiger partial charge is 0.0739 e. The van der Waals surface area contributed by atoms with Crippen LogP contribution in [0.1, 0.15) is 0 Å². The molecule has 0 bridgehead atoms. The van der Waals surface area contributed by atoms with Crippen LogP contribution >= 0.6 is 175 Å². The van der Waals surface area contributed by atoms with E-state index < -0.39 is 11.8 Å². The standard InChI is InChI=1S/C5HBr11/c6-1(7)2(8,9)3(10,11)4(12,13)5(14,15)16/h1H. The Morgan fingerprint density at radius 2 is 0.875 bits per heavy atom. The minimum Gasteiger partial charge on any atom is -0.0739 e. The molecule has 0 saturated carbocycles. The van der Waals surface area contributed by atoms with E-state index in [-0.39, 0.29) is 3.74 Å². The zero-order chi connectivity index (χ0) is 13.6. The summed E-state index contributed by atoms with van der Waals surface area (Å²) in [4.78, 5) is 0. The van der Waals surface area contributed by atoms with Gasteiger partial charge in [-0.15, -0.1) is 0 Å². The van der Waals surface area contributed by atoms with Gasteiger partial charge in [0.2, 0.25) is 0 Å². The second-order valence-corrected chi connectivity index (χ2v) is 22.8. The molecular formula is C5HBr11. The summed E-state index contributed by atoms with van der Waals surface area (Å²) in [6.45, 7) is 0. The highest BCUT2D eigenvalue weighted by molar-refractivity contribution is 9.42. The highest BCUT2D eigenvalue weighted by Crippen LogP contribution is 2.69. The van der Waals surface area contributed by atoms with Crippen LogP contribution in [0.3, 0.4) is 0 Å². The first kappa shape index (κ1) is 21.3. The van der Waals surface area contributed by atoms with Gasteiger partial charge in [-0.1, -0.05) is 175 Å². The molecule has 0 nitrogen and oxygen atoms in total. The van der Waals surface area contributed by atoms with Crippen molar-refractivity contribution in [3.63, 3.8) is 0 Å². The summed E-state index contributed by atoms with van der Waals surface area (Å²) in [6.07, 6.45) is 0. The number of alkyl halides is 11. The normalized spacial score (nSPS) is 15.8. The molecule has 0 N–H and O–H groups in total. The number of hydrogen-bond donors (Lipinski definition) is 0. The van der Waals surface area contributed by atoms with E-state index in [0.29, 0.717) is 0 Å². The van der Waals surface area contributed by atoms with Crippen molar-refractivity contribution >= 4 is 175 Å². The molecule has 98 valence electrons. The van der Waals surface area contributed by atoms with E-state index in [4.69, 9.17) is 0 Å². The molecule has 0 aromatic rings. The fraction of sp³-hybridized carbons (Fsp3) is 1.00. The molecule has 0 aliphatic rings. The van der Waals surface area contributed by atoms with Crippen LogP contribution in [-0.4, -0.2) is 15.6 Å². The Bertz CT molecular complexity index is 248. The summed E-state index contributed by atoms with van der Waals surface area (Å²) in [5, 5.41) is 0. The van der Waals surface area contributed by atoms with Crippen molar-refractivity contribution in [3.05, 3.63) is 0 Å². The molecule has 0 radical (unpaired) electrons. The monoisotopic (exact) mass is 929 g/mol. The molecule has 0 heterocycles. The maximum Gasteiger partial charge on any atom is 0.162 e. The van der Waals surface area contributed by atoms with Gasteiger partial charge in [-0.05, 0) is 0 Å². The van der Waals surface area contributed by atoms with Gasteiger partial charge in [0.15, 0.2) is 2.14 Å². The molecule has 11 heteroatoms. The van der Waals surface area contributed by atoms with Crippen molar-refractivity contribution in [1.29, 1.82) is 0 Å². The van der Waals surface area contributed by atoms with Crippen LogP contribution in [-0.2, 0) is 0 Å².